The van der Waals surface area contributed by atoms with Gasteiger partial charge in [-0.15, -0.1) is 0 Å². The molecule has 31 heavy (non-hydrogen) atoms. The molecule has 9 heteroatoms. The molecule has 162 valence electrons. The normalized spacial score (nSPS) is 13.8. The van der Waals surface area contributed by atoms with Crippen LogP contribution in [0.25, 0.3) is 0 Å². The third kappa shape index (κ3) is 5.44. The second-order valence-corrected chi connectivity index (χ2v) is 7.33. The number of ether oxygens (including phenoxy) is 1. The number of benzene rings is 2. The monoisotopic (exact) mass is 425 g/mol. The van der Waals surface area contributed by atoms with E-state index >= 15 is 0 Å². The number of non-ortho nitro benzene ring substituents is 1. The molecule has 1 saturated carbocycles. The van der Waals surface area contributed by atoms with E-state index in [2.05, 4.69) is 15.4 Å². The average Bonchev–Trinajstić information content (AvgIpc) is 2.79. The molecule has 1 aliphatic carbocycles. The van der Waals surface area contributed by atoms with Crippen molar-refractivity contribution < 1.29 is 24.0 Å². The van der Waals surface area contributed by atoms with Gasteiger partial charge in [-0.3, -0.25) is 19.7 Å². The minimum Gasteiger partial charge on any atom is -0.465 e. The number of hydrogen-bond donors (Lipinski definition) is 2. The Morgan fingerprint density at radius 2 is 1.68 bits per heavy atom. The quantitative estimate of drug-likeness (QED) is 0.413. The van der Waals surface area contributed by atoms with Crippen LogP contribution < -0.4 is 10.6 Å². The Morgan fingerprint density at radius 1 is 1.00 bits per heavy atom. The lowest BCUT2D eigenvalue weighted by molar-refractivity contribution is -0.384. The van der Waals surface area contributed by atoms with Gasteiger partial charge in [0.2, 0.25) is 0 Å². The van der Waals surface area contributed by atoms with Crippen molar-refractivity contribution in [3.8, 4) is 0 Å². The second-order valence-electron chi connectivity index (χ2n) is 7.33. The molecule has 0 radical (unpaired) electrons. The topological polar surface area (TPSA) is 128 Å². The maximum Gasteiger partial charge on any atom is 0.338 e. The van der Waals surface area contributed by atoms with Gasteiger partial charge in [0, 0.05) is 23.7 Å². The number of anilines is 1. The Hall–Kier alpha value is -3.75. The Labute approximate surface area is 178 Å². The lowest BCUT2D eigenvalue weighted by atomic mass is 9.95. The zero-order valence-corrected chi connectivity index (χ0v) is 17.1. The summed E-state index contributed by atoms with van der Waals surface area (Å²) in [6, 6.07) is 9.94. The molecular formula is C22H23N3O6. The summed E-state index contributed by atoms with van der Waals surface area (Å²) in [4.78, 5) is 47.9. The van der Waals surface area contributed by atoms with E-state index in [1.54, 1.807) is 24.3 Å². The van der Waals surface area contributed by atoms with Crippen LogP contribution in [0.1, 0.15) is 63.2 Å². The highest BCUT2D eigenvalue weighted by Gasteiger charge is 2.21. The van der Waals surface area contributed by atoms with Crippen molar-refractivity contribution in [3.05, 3.63) is 69.3 Å². The zero-order chi connectivity index (χ0) is 22.4. The first-order valence-electron chi connectivity index (χ1n) is 9.98. The molecule has 0 atom stereocenters. The van der Waals surface area contributed by atoms with E-state index in [0.717, 1.165) is 51.3 Å². The average molecular weight is 425 g/mol. The van der Waals surface area contributed by atoms with Gasteiger partial charge in [-0.25, -0.2) is 4.79 Å². The largest absolute Gasteiger partial charge is 0.465 e. The molecule has 0 bridgehead atoms. The summed E-state index contributed by atoms with van der Waals surface area (Å²) in [5.74, 6) is -1.78. The van der Waals surface area contributed by atoms with Gasteiger partial charge in [0.25, 0.3) is 17.5 Å². The second kappa shape index (κ2) is 9.84. The van der Waals surface area contributed by atoms with Crippen LogP contribution in [0.3, 0.4) is 0 Å². The van der Waals surface area contributed by atoms with Gasteiger partial charge in [-0.1, -0.05) is 31.4 Å². The highest BCUT2D eigenvalue weighted by atomic mass is 16.6. The van der Waals surface area contributed by atoms with Gasteiger partial charge in [-0.05, 0) is 31.0 Å². The number of nitro benzene ring substituents is 1. The smallest absolute Gasteiger partial charge is 0.338 e. The molecule has 0 saturated heterocycles. The molecule has 0 unspecified atom stereocenters. The van der Waals surface area contributed by atoms with Gasteiger partial charge < -0.3 is 15.4 Å². The van der Waals surface area contributed by atoms with Gasteiger partial charge in [0.15, 0.2) is 0 Å². The number of amides is 2. The van der Waals surface area contributed by atoms with Crippen molar-refractivity contribution in [2.24, 2.45) is 0 Å². The van der Waals surface area contributed by atoms with E-state index in [1.165, 1.54) is 6.07 Å². The number of rotatable bonds is 6. The molecule has 1 aliphatic rings. The van der Waals surface area contributed by atoms with E-state index in [9.17, 15) is 24.5 Å². The van der Waals surface area contributed by atoms with Crippen LogP contribution in [0.5, 0.6) is 0 Å². The predicted octanol–water partition coefficient (Wildman–Crippen LogP) is 3.70. The summed E-state index contributed by atoms with van der Waals surface area (Å²) in [5.41, 5.74) is -0.0781. The fourth-order valence-electron chi connectivity index (χ4n) is 3.58. The molecule has 2 N–H and O–H groups in total. The van der Waals surface area contributed by atoms with Crippen molar-refractivity contribution in [2.45, 2.75) is 38.1 Å². The molecule has 9 nitrogen and oxygen atoms in total. The maximum absolute atomic E-state index is 12.8. The van der Waals surface area contributed by atoms with Crippen LogP contribution in [0.4, 0.5) is 11.4 Å². The highest BCUT2D eigenvalue weighted by Crippen LogP contribution is 2.22. The number of carbonyl (C=O) groups is 3. The molecule has 2 amide bonds. The number of esters is 1. The van der Waals surface area contributed by atoms with Crippen LogP contribution >= 0.6 is 0 Å². The molecule has 3 rings (SSSR count). The third-order valence-corrected chi connectivity index (χ3v) is 5.17. The number of methoxy groups -OCH3 is 1. The van der Waals surface area contributed by atoms with Crippen molar-refractivity contribution in [3.63, 3.8) is 0 Å². The highest BCUT2D eigenvalue weighted by molar-refractivity contribution is 6.10. The lowest BCUT2D eigenvalue weighted by Gasteiger charge is -2.23. The van der Waals surface area contributed by atoms with Crippen molar-refractivity contribution in [1.29, 1.82) is 0 Å². The first-order chi connectivity index (χ1) is 14.9. The number of hydrogen-bond acceptors (Lipinski definition) is 6. The molecule has 0 aromatic heterocycles. The van der Waals surface area contributed by atoms with Crippen LogP contribution in [0, 0.1) is 10.1 Å². The molecule has 0 aliphatic heterocycles. The van der Waals surface area contributed by atoms with Crippen molar-refractivity contribution in [1.82, 2.24) is 5.32 Å². The SMILES string of the molecule is COC(=O)c1cc(C(=O)Nc2ccccc2C(=O)NC2CCCCC2)cc([N+](=O)[O-])c1. The minimum atomic E-state index is -0.801. The summed E-state index contributed by atoms with van der Waals surface area (Å²) in [7, 11) is 1.14. The fraction of sp³-hybridized carbons (Fsp3) is 0.318. The first-order valence-corrected chi connectivity index (χ1v) is 9.98. The standard InChI is InChI=1S/C22H23N3O6/c1-31-22(28)15-11-14(12-17(13-15)25(29)30)20(26)24-19-10-6-5-9-18(19)21(27)23-16-7-3-2-4-8-16/h5-6,9-13,16H,2-4,7-8H2,1H3,(H,23,27)(H,24,26). The summed E-state index contributed by atoms with van der Waals surface area (Å²) in [6.45, 7) is 0. The summed E-state index contributed by atoms with van der Waals surface area (Å²) in [6.07, 6.45) is 5.14. The number of nitrogens with one attached hydrogen (secondary N) is 2. The predicted molar refractivity (Wildman–Crippen MR) is 113 cm³/mol. The Kier molecular flexibility index (Phi) is 6.96. The number of para-hydroxylation sites is 1. The summed E-state index contributed by atoms with van der Waals surface area (Å²) in [5, 5.41) is 16.8. The Balaban J connectivity index is 1.84. The van der Waals surface area contributed by atoms with Gasteiger partial charge in [0.1, 0.15) is 0 Å². The molecule has 0 heterocycles. The Bertz CT molecular complexity index is 1010. The fourth-order valence-corrected chi connectivity index (χ4v) is 3.58. The molecule has 1 fully saturated rings. The van der Waals surface area contributed by atoms with E-state index in [-0.39, 0.29) is 28.8 Å². The van der Waals surface area contributed by atoms with E-state index in [4.69, 9.17) is 0 Å². The number of nitro groups is 1. The number of carbonyl (C=O) groups excluding carboxylic acids is 3. The summed E-state index contributed by atoms with van der Waals surface area (Å²) < 4.78 is 4.60. The first kappa shape index (κ1) is 21.9. The lowest BCUT2D eigenvalue weighted by Crippen LogP contribution is -2.36. The van der Waals surface area contributed by atoms with Gasteiger partial charge >= 0.3 is 5.97 Å². The van der Waals surface area contributed by atoms with Crippen LogP contribution in [-0.2, 0) is 4.74 Å². The van der Waals surface area contributed by atoms with Crippen molar-refractivity contribution in [2.75, 3.05) is 12.4 Å². The summed E-state index contributed by atoms with van der Waals surface area (Å²) >= 11 is 0. The van der Waals surface area contributed by atoms with Gasteiger partial charge in [-0.2, -0.15) is 0 Å². The molecular weight excluding hydrogens is 402 g/mol. The van der Waals surface area contributed by atoms with Crippen LogP contribution in [0.2, 0.25) is 0 Å². The van der Waals surface area contributed by atoms with E-state index < -0.39 is 22.5 Å². The van der Waals surface area contributed by atoms with Crippen molar-refractivity contribution >= 4 is 29.2 Å². The van der Waals surface area contributed by atoms with Crippen LogP contribution in [-0.4, -0.2) is 35.9 Å². The molecule has 0 spiro atoms. The van der Waals surface area contributed by atoms with Gasteiger partial charge in [0.05, 0.1) is 28.8 Å². The molecule has 2 aromatic rings. The zero-order valence-electron chi connectivity index (χ0n) is 17.1. The van der Waals surface area contributed by atoms with E-state index in [1.807, 2.05) is 0 Å². The van der Waals surface area contributed by atoms with E-state index in [0.29, 0.717) is 5.56 Å². The molecule has 2 aromatic carbocycles. The third-order valence-electron chi connectivity index (χ3n) is 5.17. The Morgan fingerprint density at radius 3 is 2.35 bits per heavy atom. The maximum atomic E-state index is 12.8. The van der Waals surface area contributed by atoms with Crippen LogP contribution in [0.15, 0.2) is 42.5 Å². The number of nitrogens with zero attached hydrogens (tertiary/aromatic N) is 1. The minimum absolute atomic E-state index is 0.0999.